The first-order chi connectivity index (χ1) is 16.9. The summed E-state index contributed by atoms with van der Waals surface area (Å²) in [6, 6.07) is 8.92. The third-order valence-electron chi connectivity index (χ3n) is 6.07. The molecule has 0 aromatic heterocycles. The second kappa shape index (κ2) is 13.3. The zero-order valence-electron chi connectivity index (χ0n) is 23.4. The fraction of sp³-hybridized carbons (Fsp3) is 0.353. The van der Waals surface area contributed by atoms with Crippen LogP contribution in [-0.4, -0.2) is 16.0 Å². The van der Waals surface area contributed by atoms with E-state index < -0.39 is 15.8 Å². The van der Waals surface area contributed by atoms with Crippen LogP contribution in [0, 0.1) is 31.4 Å². The van der Waals surface area contributed by atoms with Crippen LogP contribution in [0.4, 0.5) is 0 Å². The Morgan fingerprint density at radius 3 is 2.14 bits per heavy atom. The summed E-state index contributed by atoms with van der Waals surface area (Å²) in [5.41, 5.74) is 20.9. The summed E-state index contributed by atoms with van der Waals surface area (Å²) in [5, 5.41) is 4.70. The zero-order valence-corrected chi connectivity index (χ0v) is 26.3. The SMILES string of the molecule is Cc1ccccc1P(C1=C[CH]C=C[C-]1C)[C@@H](C)C1=C=C=C=C1P(C(C)(C)C)C(C)(C)C.[C]1=C=C=C=[C-]1.[Fe+2]. The van der Waals surface area contributed by atoms with Crippen molar-refractivity contribution in [2.24, 2.45) is 0 Å². The Hall–Kier alpha value is -1.89. The van der Waals surface area contributed by atoms with Gasteiger partial charge in [0, 0.05) is 16.5 Å². The fourth-order valence-corrected chi connectivity index (χ4v) is 12.0. The van der Waals surface area contributed by atoms with E-state index in [0.29, 0.717) is 5.66 Å². The molecule has 0 amide bonds. The Balaban J connectivity index is 0.000000716. The van der Waals surface area contributed by atoms with Gasteiger partial charge in [0.15, 0.2) is 0 Å². The minimum atomic E-state index is -0.578. The van der Waals surface area contributed by atoms with Crippen LogP contribution in [0.3, 0.4) is 0 Å². The van der Waals surface area contributed by atoms with Gasteiger partial charge in [0.05, 0.1) is 0 Å². The van der Waals surface area contributed by atoms with Gasteiger partial charge in [-0.1, -0.05) is 107 Å². The summed E-state index contributed by atoms with van der Waals surface area (Å²) in [6.07, 6.45) is 13.9. The predicted octanol–water partition coefficient (Wildman–Crippen LogP) is 9.18. The van der Waals surface area contributed by atoms with Crippen LogP contribution in [0.2, 0.25) is 0 Å². The molecule has 2 radical (unpaired) electrons. The largest absolute Gasteiger partial charge is 2.00 e. The average molecular weight is 562 g/mol. The molecule has 4 rings (SSSR count). The first kappa shape index (κ1) is 31.3. The van der Waals surface area contributed by atoms with Gasteiger partial charge in [-0.3, -0.25) is 11.5 Å². The molecule has 0 fully saturated rings. The molecule has 0 nitrogen and oxygen atoms in total. The number of benzene rings is 1. The van der Waals surface area contributed by atoms with E-state index in [0.717, 1.165) is 0 Å². The summed E-state index contributed by atoms with van der Waals surface area (Å²) < 4.78 is 0. The molecule has 0 saturated carbocycles. The maximum Gasteiger partial charge on any atom is 2.00 e. The van der Waals surface area contributed by atoms with Crippen LogP contribution in [0.1, 0.15) is 61.0 Å². The normalized spacial score (nSPS) is 16.8. The molecule has 2 atom stereocenters. The second-order valence-corrected chi connectivity index (χ2v) is 17.3. The third-order valence-corrected chi connectivity index (χ3v) is 12.6. The second-order valence-electron chi connectivity index (χ2n) is 11.1. The minimum absolute atomic E-state index is 0. The standard InChI is InChI=1S/C29H36P2.C5.Fe/c1-21-15-10-12-18-25(21)30(26-19-13-11-16-22(26)2)23(3)24-17-14-20-27(24)31(28(4,5)6)29(7,8)9;1-2-4-5-3-1;/h10-13,15-16,18-19,23H,1-9H3;;/q2*-1;+2/t23-;;/m0../s1. The first-order valence-corrected chi connectivity index (χ1v) is 15.1. The molecule has 0 aliphatic heterocycles. The van der Waals surface area contributed by atoms with E-state index >= 15 is 0 Å². The maximum absolute atomic E-state index is 3.55. The van der Waals surface area contributed by atoms with E-state index in [-0.39, 0.29) is 27.4 Å². The van der Waals surface area contributed by atoms with Gasteiger partial charge in [-0.2, -0.15) is 24.1 Å². The Morgan fingerprint density at radius 1 is 0.946 bits per heavy atom. The van der Waals surface area contributed by atoms with Gasteiger partial charge in [-0.25, -0.2) is 5.73 Å². The topological polar surface area (TPSA) is 0 Å². The summed E-state index contributed by atoms with van der Waals surface area (Å²) in [6.45, 7) is 21.2. The van der Waals surface area contributed by atoms with Gasteiger partial charge in [0.2, 0.25) is 0 Å². The maximum atomic E-state index is 3.55. The van der Waals surface area contributed by atoms with Crippen molar-refractivity contribution in [3.63, 3.8) is 0 Å². The number of rotatable bonds is 5. The molecule has 3 aliphatic carbocycles. The van der Waals surface area contributed by atoms with E-state index in [4.69, 9.17) is 0 Å². The van der Waals surface area contributed by atoms with Gasteiger partial charge in [-0.15, -0.1) is 23.9 Å². The van der Waals surface area contributed by atoms with Crippen molar-refractivity contribution in [1.82, 2.24) is 0 Å². The van der Waals surface area contributed by atoms with E-state index in [1.54, 1.807) is 0 Å². The molecule has 190 valence electrons. The number of aryl methyl sites for hydroxylation is 1. The van der Waals surface area contributed by atoms with E-state index in [1.165, 1.54) is 33.0 Å². The molecular weight excluding hydrogens is 526 g/mol. The molecule has 1 aromatic rings. The third kappa shape index (κ3) is 7.81. The molecule has 0 bridgehead atoms. The predicted molar refractivity (Wildman–Crippen MR) is 159 cm³/mol. The molecule has 0 saturated heterocycles. The fourth-order valence-electron chi connectivity index (χ4n) is 4.94. The van der Waals surface area contributed by atoms with E-state index in [2.05, 4.69) is 158 Å². The Bertz CT molecular complexity index is 1300. The van der Waals surface area contributed by atoms with E-state index in [9.17, 15) is 0 Å². The Labute approximate surface area is 238 Å². The summed E-state index contributed by atoms with van der Waals surface area (Å²) in [7, 11) is -1.02. The molecule has 3 heteroatoms. The van der Waals surface area contributed by atoms with Gasteiger partial charge in [0.25, 0.3) is 0 Å². The van der Waals surface area contributed by atoms with Crippen LogP contribution < -0.4 is 5.30 Å². The van der Waals surface area contributed by atoms with Crippen molar-refractivity contribution in [3.8, 4) is 0 Å². The summed E-state index contributed by atoms with van der Waals surface area (Å²) >= 11 is 0. The van der Waals surface area contributed by atoms with Crippen molar-refractivity contribution in [3.05, 3.63) is 123 Å². The monoisotopic (exact) mass is 562 g/mol. The quantitative estimate of drug-likeness (QED) is 0.145. The zero-order chi connectivity index (χ0) is 26.5. The Morgan fingerprint density at radius 2 is 1.62 bits per heavy atom. The number of hydrogen-bond donors (Lipinski definition) is 0. The van der Waals surface area contributed by atoms with Gasteiger partial charge in [0.1, 0.15) is 0 Å². The van der Waals surface area contributed by atoms with Crippen molar-refractivity contribution >= 4 is 21.1 Å². The molecule has 37 heavy (non-hydrogen) atoms. The number of allylic oxidation sites excluding steroid dienone is 8. The molecule has 3 aliphatic rings. The molecule has 0 spiro atoms. The molecule has 0 N–H and O–H groups in total. The van der Waals surface area contributed by atoms with Crippen LogP contribution >= 0.6 is 15.8 Å². The van der Waals surface area contributed by atoms with Crippen LogP contribution in [0.5, 0.6) is 0 Å². The minimum Gasteiger partial charge on any atom is -0.288 e. The van der Waals surface area contributed by atoms with Crippen LogP contribution in [0.15, 0.2) is 93.1 Å². The van der Waals surface area contributed by atoms with Crippen molar-refractivity contribution in [2.45, 2.75) is 78.3 Å². The van der Waals surface area contributed by atoms with Crippen LogP contribution in [0.25, 0.3) is 0 Å². The smallest absolute Gasteiger partial charge is 0.288 e. The van der Waals surface area contributed by atoms with Gasteiger partial charge in [-0.05, 0) is 33.8 Å². The van der Waals surface area contributed by atoms with Crippen molar-refractivity contribution in [2.75, 3.05) is 0 Å². The summed E-state index contributed by atoms with van der Waals surface area (Å²) in [5.74, 6) is 1.37. The first-order valence-electron chi connectivity index (χ1n) is 12.4. The van der Waals surface area contributed by atoms with Crippen LogP contribution in [-0.2, 0) is 17.1 Å². The molecule has 0 heterocycles. The van der Waals surface area contributed by atoms with E-state index in [1.807, 2.05) is 0 Å². The molecular formula is C34H36FeP2. The summed E-state index contributed by atoms with van der Waals surface area (Å²) in [4.78, 5) is 0. The molecule has 1 unspecified atom stereocenters. The van der Waals surface area contributed by atoms with Crippen molar-refractivity contribution in [1.29, 1.82) is 0 Å². The number of hydrogen-bond acceptors (Lipinski definition) is 0. The van der Waals surface area contributed by atoms with Gasteiger partial charge < -0.3 is 0 Å². The molecule has 1 aromatic carbocycles. The van der Waals surface area contributed by atoms with Gasteiger partial charge >= 0.3 is 17.1 Å². The Kier molecular flexibility index (Phi) is 11.2. The van der Waals surface area contributed by atoms with Crippen molar-refractivity contribution < 1.29 is 17.1 Å². The average Bonchev–Trinajstić information content (AvgIpc) is 3.50.